The van der Waals surface area contributed by atoms with Crippen molar-refractivity contribution in [3.63, 3.8) is 0 Å². The predicted octanol–water partition coefficient (Wildman–Crippen LogP) is 4.00. The molecule has 0 saturated heterocycles. The Balaban J connectivity index is 1.59. The van der Waals surface area contributed by atoms with Crippen LogP contribution in [-0.2, 0) is 0 Å². The molecule has 3 rings (SSSR count). The van der Waals surface area contributed by atoms with Crippen molar-refractivity contribution in [2.45, 2.75) is 11.0 Å². The molecule has 3 aromatic rings. The molecule has 6 heteroatoms. The van der Waals surface area contributed by atoms with Crippen LogP contribution in [0.2, 0.25) is 0 Å². The first-order chi connectivity index (χ1) is 12.2. The zero-order valence-corrected chi connectivity index (χ0v) is 15.3. The van der Waals surface area contributed by atoms with E-state index in [2.05, 4.69) is 10.3 Å². The molecule has 0 saturated carbocycles. The summed E-state index contributed by atoms with van der Waals surface area (Å²) in [6, 6.07) is 17.4. The number of hydrogen-bond acceptors (Lipinski definition) is 5. The van der Waals surface area contributed by atoms with Gasteiger partial charge in [-0.2, -0.15) is 0 Å². The molecule has 0 aliphatic heterocycles. The number of aliphatic hydroxyl groups excluding tert-OH is 1. The quantitative estimate of drug-likeness (QED) is 0.644. The van der Waals surface area contributed by atoms with Gasteiger partial charge in [0.15, 0.2) is 0 Å². The number of aromatic nitrogens is 1. The Kier molecular flexibility index (Phi) is 5.86. The minimum Gasteiger partial charge on any atom is -0.387 e. The Labute approximate surface area is 154 Å². The van der Waals surface area contributed by atoms with Gasteiger partial charge in [0.25, 0.3) is 5.91 Å². The van der Waals surface area contributed by atoms with Gasteiger partial charge in [0.2, 0.25) is 0 Å². The van der Waals surface area contributed by atoms with E-state index in [1.54, 1.807) is 17.1 Å². The van der Waals surface area contributed by atoms with Crippen molar-refractivity contribution in [2.75, 3.05) is 12.8 Å². The molecule has 25 heavy (non-hydrogen) atoms. The highest BCUT2D eigenvalue weighted by Crippen LogP contribution is 2.23. The van der Waals surface area contributed by atoms with Crippen LogP contribution in [0.3, 0.4) is 0 Å². The summed E-state index contributed by atoms with van der Waals surface area (Å²) < 4.78 is 0. The number of hydrogen-bond donors (Lipinski definition) is 2. The van der Waals surface area contributed by atoms with Gasteiger partial charge in [-0.15, -0.1) is 23.1 Å². The van der Waals surface area contributed by atoms with Crippen molar-refractivity contribution in [1.29, 1.82) is 0 Å². The molecular weight excluding hydrogens is 352 g/mol. The second-order valence-electron chi connectivity index (χ2n) is 5.40. The molecule has 0 unspecified atom stereocenters. The Hall–Kier alpha value is -2.15. The summed E-state index contributed by atoms with van der Waals surface area (Å²) in [6.07, 6.45) is 1.26. The Morgan fingerprint density at radius 2 is 1.92 bits per heavy atom. The number of aliphatic hydroxyl groups is 1. The number of benzene rings is 2. The highest BCUT2D eigenvalue weighted by molar-refractivity contribution is 7.98. The van der Waals surface area contributed by atoms with E-state index >= 15 is 0 Å². The Bertz CT molecular complexity index is 832. The number of rotatable bonds is 6. The fraction of sp³-hybridized carbons (Fsp3) is 0.158. The van der Waals surface area contributed by atoms with Gasteiger partial charge in [0.05, 0.1) is 6.10 Å². The number of amides is 1. The Morgan fingerprint density at radius 3 is 2.60 bits per heavy atom. The lowest BCUT2D eigenvalue weighted by Crippen LogP contribution is -2.28. The molecule has 0 aliphatic carbocycles. The molecule has 128 valence electrons. The van der Waals surface area contributed by atoms with Crippen LogP contribution in [0.5, 0.6) is 0 Å². The van der Waals surface area contributed by atoms with Gasteiger partial charge >= 0.3 is 0 Å². The summed E-state index contributed by atoms with van der Waals surface area (Å²) in [7, 11) is 0. The maximum atomic E-state index is 12.2. The highest BCUT2D eigenvalue weighted by Gasteiger charge is 2.14. The molecule has 4 nitrogen and oxygen atoms in total. The predicted molar refractivity (Wildman–Crippen MR) is 103 cm³/mol. The van der Waals surface area contributed by atoms with E-state index in [1.807, 2.05) is 60.9 Å². The largest absolute Gasteiger partial charge is 0.387 e. The number of nitrogens with zero attached hydrogens (tertiary/aromatic N) is 1. The van der Waals surface area contributed by atoms with Gasteiger partial charge in [-0.3, -0.25) is 4.79 Å². The topological polar surface area (TPSA) is 62.2 Å². The molecule has 2 aromatic carbocycles. The molecule has 0 spiro atoms. The van der Waals surface area contributed by atoms with E-state index in [-0.39, 0.29) is 12.5 Å². The maximum absolute atomic E-state index is 12.2. The number of nitrogens with one attached hydrogen (secondary N) is 1. The minimum absolute atomic E-state index is 0.148. The molecule has 0 fully saturated rings. The number of carbonyl (C=O) groups excluding carboxylic acids is 1. The highest BCUT2D eigenvalue weighted by atomic mass is 32.2. The zero-order valence-electron chi connectivity index (χ0n) is 13.7. The van der Waals surface area contributed by atoms with Crippen LogP contribution in [-0.4, -0.2) is 28.8 Å². The van der Waals surface area contributed by atoms with Crippen molar-refractivity contribution >= 4 is 29.0 Å². The number of carbonyl (C=O) groups is 1. The first-order valence-electron chi connectivity index (χ1n) is 7.78. The van der Waals surface area contributed by atoms with Crippen LogP contribution in [0.25, 0.3) is 10.6 Å². The van der Waals surface area contributed by atoms with Crippen molar-refractivity contribution in [1.82, 2.24) is 10.3 Å². The standard InChI is InChI=1S/C19H18N2O2S2/c1-24-15-9-7-13(8-10-15)17(22)11-20-18(23)16-12-25-19(21-16)14-5-3-2-4-6-14/h2-10,12,17,22H,11H2,1H3,(H,20,23)/t17-/m0/s1. The SMILES string of the molecule is CSc1ccc([C@@H](O)CNC(=O)c2csc(-c3ccccc3)n2)cc1. The van der Waals surface area contributed by atoms with Crippen molar-refractivity contribution < 1.29 is 9.90 Å². The molecule has 1 aromatic heterocycles. The minimum atomic E-state index is -0.743. The van der Waals surface area contributed by atoms with Crippen LogP contribution in [0.15, 0.2) is 64.9 Å². The van der Waals surface area contributed by atoms with Crippen LogP contribution < -0.4 is 5.32 Å². The average Bonchev–Trinajstić information content (AvgIpc) is 3.17. The van der Waals surface area contributed by atoms with Gasteiger partial charge < -0.3 is 10.4 Å². The van der Waals surface area contributed by atoms with E-state index in [9.17, 15) is 9.90 Å². The van der Waals surface area contributed by atoms with E-state index in [1.165, 1.54) is 11.3 Å². The van der Waals surface area contributed by atoms with Gasteiger partial charge in [-0.25, -0.2) is 4.98 Å². The van der Waals surface area contributed by atoms with Gasteiger partial charge in [0.1, 0.15) is 10.7 Å². The molecular formula is C19H18N2O2S2. The fourth-order valence-corrected chi connectivity index (χ4v) is 3.53. The van der Waals surface area contributed by atoms with Crippen LogP contribution in [0, 0.1) is 0 Å². The average molecular weight is 370 g/mol. The lowest BCUT2D eigenvalue weighted by atomic mass is 10.1. The van der Waals surface area contributed by atoms with Crippen molar-refractivity contribution in [3.05, 3.63) is 71.2 Å². The third-order valence-electron chi connectivity index (χ3n) is 3.71. The summed E-state index contributed by atoms with van der Waals surface area (Å²) in [4.78, 5) is 17.8. The normalized spacial score (nSPS) is 11.9. The van der Waals surface area contributed by atoms with E-state index < -0.39 is 6.10 Å². The molecule has 2 N–H and O–H groups in total. The molecule has 0 bridgehead atoms. The van der Waals surface area contributed by atoms with Crippen LogP contribution in [0.1, 0.15) is 22.2 Å². The third-order valence-corrected chi connectivity index (χ3v) is 5.35. The second kappa shape index (κ2) is 8.29. The summed E-state index contributed by atoms with van der Waals surface area (Å²) in [6.45, 7) is 0.148. The van der Waals surface area contributed by atoms with Gasteiger partial charge in [0, 0.05) is 22.4 Å². The van der Waals surface area contributed by atoms with E-state index in [0.717, 1.165) is 21.0 Å². The zero-order chi connectivity index (χ0) is 17.6. The molecule has 1 atom stereocenters. The summed E-state index contributed by atoms with van der Waals surface area (Å²) in [5.74, 6) is -0.279. The first-order valence-corrected chi connectivity index (χ1v) is 9.89. The lowest BCUT2D eigenvalue weighted by Gasteiger charge is -2.12. The maximum Gasteiger partial charge on any atom is 0.270 e. The molecule has 1 amide bonds. The molecule has 0 aliphatic rings. The summed E-state index contributed by atoms with van der Waals surface area (Å²) >= 11 is 3.08. The second-order valence-corrected chi connectivity index (χ2v) is 7.14. The monoisotopic (exact) mass is 370 g/mol. The lowest BCUT2D eigenvalue weighted by molar-refractivity contribution is 0.0912. The van der Waals surface area contributed by atoms with Crippen molar-refractivity contribution in [3.8, 4) is 10.6 Å². The third kappa shape index (κ3) is 4.48. The van der Waals surface area contributed by atoms with E-state index in [0.29, 0.717) is 5.69 Å². The van der Waals surface area contributed by atoms with Gasteiger partial charge in [-0.05, 0) is 24.0 Å². The fourth-order valence-electron chi connectivity index (χ4n) is 2.32. The summed E-state index contributed by atoms with van der Waals surface area (Å²) in [5, 5.41) is 15.5. The number of thiazole rings is 1. The summed E-state index contributed by atoms with van der Waals surface area (Å²) in [5.41, 5.74) is 2.13. The van der Waals surface area contributed by atoms with E-state index in [4.69, 9.17) is 0 Å². The molecule has 1 heterocycles. The van der Waals surface area contributed by atoms with Crippen LogP contribution >= 0.6 is 23.1 Å². The van der Waals surface area contributed by atoms with Gasteiger partial charge in [-0.1, -0.05) is 42.5 Å². The number of thioether (sulfide) groups is 1. The smallest absolute Gasteiger partial charge is 0.270 e. The van der Waals surface area contributed by atoms with Crippen LogP contribution in [0.4, 0.5) is 0 Å². The molecule has 0 radical (unpaired) electrons. The first kappa shape index (κ1) is 17.7. The van der Waals surface area contributed by atoms with Crippen molar-refractivity contribution in [2.24, 2.45) is 0 Å². The Morgan fingerprint density at radius 1 is 1.20 bits per heavy atom.